The topological polar surface area (TPSA) is 29.3 Å². The van der Waals surface area contributed by atoms with Gasteiger partial charge in [-0.25, -0.2) is 0 Å². The summed E-state index contributed by atoms with van der Waals surface area (Å²) in [5.41, 5.74) is 10.1. The third-order valence-corrected chi connectivity index (χ3v) is 3.82. The van der Waals surface area contributed by atoms with E-state index in [1.54, 1.807) is 0 Å². The highest BCUT2D eigenvalue weighted by molar-refractivity contribution is 5.31. The minimum Gasteiger partial charge on any atom is -0.326 e. The molecule has 2 nitrogen and oxygen atoms in total. The molecule has 0 bridgehead atoms. The summed E-state index contributed by atoms with van der Waals surface area (Å²) in [5.74, 6) is 0. The van der Waals surface area contributed by atoms with Crippen LogP contribution in [-0.2, 0) is 0 Å². The van der Waals surface area contributed by atoms with E-state index >= 15 is 0 Å². The van der Waals surface area contributed by atoms with E-state index < -0.39 is 0 Å². The van der Waals surface area contributed by atoms with Crippen LogP contribution in [0, 0.1) is 13.8 Å². The van der Waals surface area contributed by atoms with Gasteiger partial charge in [0.25, 0.3) is 0 Å². The predicted octanol–water partition coefficient (Wildman–Crippen LogP) is 2.40. The van der Waals surface area contributed by atoms with Crippen LogP contribution >= 0.6 is 0 Å². The number of nitrogens with two attached hydrogens (primary N) is 1. The van der Waals surface area contributed by atoms with Gasteiger partial charge in [0.1, 0.15) is 0 Å². The Bertz CT molecular complexity index is 373. The Morgan fingerprint density at radius 1 is 1.31 bits per heavy atom. The van der Waals surface area contributed by atoms with Crippen LogP contribution in [0.3, 0.4) is 0 Å². The van der Waals surface area contributed by atoms with Crippen LogP contribution in [0.4, 0.5) is 0 Å². The first-order chi connectivity index (χ1) is 7.58. The first-order valence-corrected chi connectivity index (χ1v) is 6.14. The van der Waals surface area contributed by atoms with Crippen LogP contribution in [0.15, 0.2) is 18.2 Å². The fourth-order valence-corrected chi connectivity index (χ4v) is 2.40. The van der Waals surface area contributed by atoms with Crippen molar-refractivity contribution in [1.29, 1.82) is 0 Å². The van der Waals surface area contributed by atoms with Gasteiger partial charge in [0.2, 0.25) is 0 Å². The lowest BCUT2D eigenvalue weighted by Crippen LogP contribution is -2.28. The highest BCUT2D eigenvalue weighted by Gasteiger charge is 2.24. The smallest absolute Gasteiger partial charge is 0.0320 e. The van der Waals surface area contributed by atoms with Crippen LogP contribution in [-0.4, -0.2) is 24.0 Å². The number of hydrogen-bond acceptors (Lipinski definition) is 2. The van der Waals surface area contributed by atoms with E-state index in [0.29, 0.717) is 12.1 Å². The number of benzene rings is 1. The summed E-state index contributed by atoms with van der Waals surface area (Å²) >= 11 is 0. The second kappa shape index (κ2) is 4.56. The number of hydrogen-bond donors (Lipinski definition) is 1. The summed E-state index contributed by atoms with van der Waals surface area (Å²) < 4.78 is 0. The maximum Gasteiger partial charge on any atom is 0.0320 e. The van der Waals surface area contributed by atoms with Crippen molar-refractivity contribution in [3.05, 3.63) is 34.9 Å². The zero-order chi connectivity index (χ0) is 11.7. The lowest BCUT2D eigenvalue weighted by atomic mass is 10.0. The third kappa shape index (κ3) is 2.28. The molecule has 1 aromatic carbocycles. The lowest BCUT2D eigenvalue weighted by Gasteiger charge is -2.25. The molecular weight excluding hydrogens is 196 g/mol. The van der Waals surface area contributed by atoms with E-state index in [-0.39, 0.29) is 0 Å². The molecule has 1 aromatic rings. The maximum absolute atomic E-state index is 5.95. The summed E-state index contributed by atoms with van der Waals surface area (Å²) in [6.45, 7) is 8.79. The molecule has 0 aliphatic carbocycles. The minimum atomic E-state index is 0.369. The molecule has 0 spiro atoms. The molecule has 2 N–H and O–H groups in total. The monoisotopic (exact) mass is 218 g/mol. The Labute approximate surface area is 98.4 Å². The molecule has 2 heteroatoms. The fourth-order valence-electron chi connectivity index (χ4n) is 2.40. The van der Waals surface area contributed by atoms with Gasteiger partial charge in [-0.3, -0.25) is 4.90 Å². The summed E-state index contributed by atoms with van der Waals surface area (Å²) in [6.07, 6.45) is 1.13. The van der Waals surface area contributed by atoms with E-state index in [1.165, 1.54) is 16.7 Å². The average molecular weight is 218 g/mol. The van der Waals surface area contributed by atoms with Gasteiger partial charge in [0.15, 0.2) is 0 Å². The van der Waals surface area contributed by atoms with Crippen molar-refractivity contribution < 1.29 is 0 Å². The van der Waals surface area contributed by atoms with Gasteiger partial charge >= 0.3 is 0 Å². The van der Waals surface area contributed by atoms with E-state index in [1.807, 2.05) is 0 Å². The molecule has 1 aliphatic heterocycles. The number of rotatable bonds is 2. The van der Waals surface area contributed by atoms with Gasteiger partial charge < -0.3 is 5.73 Å². The molecule has 1 aliphatic rings. The summed E-state index contributed by atoms with van der Waals surface area (Å²) in [6, 6.07) is 7.64. The molecule has 2 unspecified atom stereocenters. The normalized spacial score (nSPS) is 23.6. The molecule has 16 heavy (non-hydrogen) atoms. The van der Waals surface area contributed by atoms with Crippen molar-refractivity contribution in [2.45, 2.75) is 39.3 Å². The van der Waals surface area contributed by atoms with Crippen LogP contribution in [0.5, 0.6) is 0 Å². The van der Waals surface area contributed by atoms with Crippen molar-refractivity contribution in [1.82, 2.24) is 4.90 Å². The van der Waals surface area contributed by atoms with Gasteiger partial charge in [-0.2, -0.15) is 0 Å². The Kier molecular flexibility index (Phi) is 3.31. The van der Waals surface area contributed by atoms with Crippen LogP contribution < -0.4 is 5.73 Å². The SMILES string of the molecule is Cc1ccc(C(C)N2CCC(N)C2)cc1C. The van der Waals surface area contributed by atoms with E-state index in [4.69, 9.17) is 5.73 Å². The second-order valence-electron chi connectivity index (χ2n) is 5.06. The van der Waals surface area contributed by atoms with Crippen molar-refractivity contribution in [3.8, 4) is 0 Å². The average Bonchev–Trinajstić information content (AvgIpc) is 2.68. The minimum absolute atomic E-state index is 0.369. The number of likely N-dealkylation sites (tertiary alicyclic amines) is 1. The van der Waals surface area contributed by atoms with Crippen LogP contribution in [0.25, 0.3) is 0 Å². The number of nitrogens with zero attached hydrogens (tertiary/aromatic N) is 1. The molecule has 0 aromatic heterocycles. The molecule has 2 rings (SSSR count). The largest absolute Gasteiger partial charge is 0.326 e. The molecule has 2 atom stereocenters. The van der Waals surface area contributed by atoms with E-state index in [0.717, 1.165) is 19.5 Å². The molecule has 0 radical (unpaired) electrons. The summed E-state index contributed by atoms with van der Waals surface area (Å²) in [7, 11) is 0. The van der Waals surface area contributed by atoms with E-state index in [9.17, 15) is 0 Å². The van der Waals surface area contributed by atoms with E-state index in [2.05, 4.69) is 43.9 Å². The molecule has 88 valence electrons. The van der Waals surface area contributed by atoms with Crippen LogP contribution in [0.1, 0.15) is 36.1 Å². The van der Waals surface area contributed by atoms with Crippen molar-refractivity contribution >= 4 is 0 Å². The molecule has 1 saturated heterocycles. The standard InChI is InChI=1S/C14H22N2/c1-10-4-5-13(8-11(10)2)12(3)16-7-6-14(15)9-16/h4-5,8,12,14H,6-7,9,15H2,1-3H3. The summed E-state index contributed by atoms with van der Waals surface area (Å²) in [5, 5.41) is 0. The molecule has 1 fully saturated rings. The fraction of sp³-hybridized carbons (Fsp3) is 0.571. The molecular formula is C14H22N2. The second-order valence-corrected chi connectivity index (χ2v) is 5.06. The molecule has 0 amide bonds. The Hall–Kier alpha value is -0.860. The van der Waals surface area contributed by atoms with Crippen molar-refractivity contribution in [2.75, 3.05) is 13.1 Å². The van der Waals surface area contributed by atoms with Crippen molar-refractivity contribution in [2.24, 2.45) is 5.73 Å². The van der Waals surface area contributed by atoms with Gasteiger partial charge in [-0.1, -0.05) is 18.2 Å². The zero-order valence-electron chi connectivity index (χ0n) is 10.5. The Morgan fingerprint density at radius 2 is 2.06 bits per heavy atom. The highest BCUT2D eigenvalue weighted by atomic mass is 15.2. The first kappa shape index (κ1) is 11.6. The predicted molar refractivity (Wildman–Crippen MR) is 68.5 cm³/mol. The van der Waals surface area contributed by atoms with Gasteiger partial charge in [0.05, 0.1) is 0 Å². The first-order valence-electron chi connectivity index (χ1n) is 6.14. The summed E-state index contributed by atoms with van der Waals surface area (Å²) in [4.78, 5) is 2.48. The quantitative estimate of drug-likeness (QED) is 0.826. The van der Waals surface area contributed by atoms with Crippen molar-refractivity contribution in [3.63, 3.8) is 0 Å². The lowest BCUT2D eigenvalue weighted by molar-refractivity contribution is 0.260. The Balaban J connectivity index is 2.14. The molecule has 0 saturated carbocycles. The van der Waals surface area contributed by atoms with Gasteiger partial charge in [0, 0.05) is 25.2 Å². The Morgan fingerprint density at radius 3 is 2.62 bits per heavy atom. The van der Waals surface area contributed by atoms with Gasteiger partial charge in [-0.05, 0) is 43.9 Å². The van der Waals surface area contributed by atoms with Gasteiger partial charge in [-0.15, -0.1) is 0 Å². The third-order valence-electron chi connectivity index (χ3n) is 3.82. The highest BCUT2D eigenvalue weighted by Crippen LogP contribution is 2.25. The van der Waals surface area contributed by atoms with Crippen LogP contribution in [0.2, 0.25) is 0 Å². The maximum atomic E-state index is 5.95. The number of aryl methyl sites for hydroxylation is 2. The zero-order valence-corrected chi connectivity index (χ0v) is 10.5. The molecule has 1 heterocycles.